The lowest BCUT2D eigenvalue weighted by atomic mass is 9.49. The Kier molecular flexibility index (Phi) is 3.09. The highest BCUT2D eigenvalue weighted by molar-refractivity contribution is 5.83. The number of carbonyl (C=O) groups is 1. The molecule has 1 aromatic rings. The van der Waals surface area contributed by atoms with Gasteiger partial charge in [0, 0.05) is 12.0 Å². The fourth-order valence-electron chi connectivity index (χ4n) is 5.56. The van der Waals surface area contributed by atoms with E-state index < -0.39 is 0 Å². The van der Waals surface area contributed by atoms with Gasteiger partial charge in [-0.2, -0.15) is 0 Å². The molecule has 1 aromatic carbocycles. The van der Waals surface area contributed by atoms with E-state index in [1.807, 2.05) is 0 Å². The van der Waals surface area contributed by atoms with Crippen LogP contribution < -0.4 is 5.32 Å². The van der Waals surface area contributed by atoms with Gasteiger partial charge in [-0.3, -0.25) is 4.79 Å². The van der Waals surface area contributed by atoms with Crippen LogP contribution in [0.2, 0.25) is 0 Å². The predicted octanol–water partition coefficient (Wildman–Crippen LogP) is 3.83. The second kappa shape index (κ2) is 4.86. The first-order valence-corrected chi connectivity index (χ1v) is 8.47. The Labute approximate surface area is 127 Å². The third-order valence-corrected chi connectivity index (χ3v) is 6.22. The number of rotatable bonds is 3. The number of hydrogen-bond acceptors (Lipinski definition) is 1. The molecule has 0 spiro atoms. The molecule has 0 aliphatic heterocycles. The van der Waals surface area contributed by atoms with Crippen LogP contribution in [-0.4, -0.2) is 5.91 Å². The van der Waals surface area contributed by atoms with Crippen molar-refractivity contribution in [1.82, 2.24) is 5.32 Å². The zero-order valence-corrected chi connectivity index (χ0v) is 12.9. The standard InChI is InChI=1S/C19H25NO/c1-13-4-2-3-5-17(13)12-20-18(21)19-9-14-6-15(10-19)8-16(7-14)11-19/h2-5,14-16H,6-12H2,1H3,(H,20,21). The lowest BCUT2D eigenvalue weighted by molar-refractivity contribution is -0.146. The van der Waals surface area contributed by atoms with Crippen molar-refractivity contribution in [2.45, 2.75) is 52.0 Å². The van der Waals surface area contributed by atoms with Crippen molar-refractivity contribution in [1.29, 1.82) is 0 Å². The van der Waals surface area contributed by atoms with E-state index >= 15 is 0 Å². The van der Waals surface area contributed by atoms with Gasteiger partial charge in [0.15, 0.2) is 0 Å². The summed E-state index contributed by atoms with van der Waals surface area (Å²) >= 11 is 0. The quantitative estimate of drug-likeness (QED) is 0.897. The van der Waals surface area contributed by atoms with Crippen LogP contribution in [0.4, 0.5) is 0 Å². The molecule has 0 atom stereocenters. The third kappa shape index (κ3) is 2.29. The maximum atomic E-state index is 12.9. The maximum Gasteiger partial charge on any atom is 0.226 e. The van der Waals surface area contributed by atoms with Crippen molar-refractivity contribution in [3.05, 3.63) is 35.4 Å². The SMILES string of the molecule is Cc1ccccc1CNC(=O)C12CC3CC(CC(C3)C1)C2. The van der Waals surface area contributed by atoms with E-state index in [0.717, 1.165) is 37.0 Å². The van der Waals surface area contributed by atoms with Crippen LogP contribution in [0, 0.1) is 30.1 Å². The van der Waals surface area contributed by atoms with Crippen molar-refractivity contribution < 1.29 is 4.79 Å². The Morgan fingerprint density at radius 2 is 1.67 bits per heavy atom. The summed E-state index contributed by atoms with van der Waals surface area (Å²) in [6, 6.07) is 8.35. The highest BCUT2D eigenvalue weighted by Gasteiger charge is 2.54. The molecule has 112 valence electrons. The van der Waals surface area contributed by atoms with Gasteiger partial charge in [0.2, 0.25) is 5.91 Å². The first-order valence-electron chi connectivity index (χ1n) is 8.47. The van der Waals surface area contributed by atoms with Gasteiger partial charge in [-0.15, -0.1) is 0 Å². The molecule has 0 heterocycles. The second-order valence-electron chi connectivity index (χ2n) is 7.81. The van der Waals surface area contributed by atoms with Crippen LogP contribution in [0.1, 0.15) is 49.7 Å². The molecule has 4 bridgehead atoms. The lowest BCUT2D eigenvalue weighted by Crippen LogP contribution is -2.53. The molecule has 4 saturated carbocycles. The Balaban J connectivity index is 1.47. The summed E-state index contributed by atoms with van der Waals surface area (Å²) < 4.78 is 0. The number of benzene rings is 1. The normalized spacial score (nSPS) is 36.7. The Hall–Kier alpha value is -1.31. The van der Waals surface area contributed by atoms with Gasteiger partial charge in [0.1, 0.15) is 0 Å². The molecular weight excluding hydrogens is 258 g/mol. The lowest BCUT2D eigenvalue weighted by Gasteiger charge is -2.55. The molecule has 0 radical (unpaired) electrons. The van der Waals surface area contributed by atoms with Crippen LogP contribution in [-0.2, 0) is 11.3 Å². The molecule has 2 nitrogen and oxygen atoms in total. The number of nitrogens with one attached hydrogen (secondary N) is 1. The molecular formula is C19H25NO. The summed E-state index contributed by atoms with van der Waals surface area (Å²) in [7, 11) is 0. The molecule has 4 aliphatic rings. The number of aryl methyl sites for hydroxylation is 1. The molecule has 0 unspecified atom stereocenters. The Morgan fingerprint density at radius 3 is 2.24 bits per heavy atom. The van der Waals surface area contributed by atoms with Crippen molar-refractivity contribution >= 4 is 5.91 Å². The van der Waals surface area contributed by atoms with Crippen LogP contribution in [0.25, 0.3) is 0 Å². The molecule has 4 aliphatic carbocycles. The van der Waals surface area contributed by atoms with Crippen molar-refractivity contribution in [2.24, 2.45) is 23.2 Å². The summed E-state index contributed by atoms with van der Waals surface area (Å²) in [6.07, 6.45) is 7.63. The minimum Gasteiger partial charge on any atom is -0.352 e. The molecule has 1 N–H and O–H groups in total. The monoisotopic (exact) mass is 283 g/mol. The summed E-state index contributed by atoms with van der Waals surface area (Å²) in [5.41, 5.74) is 2.50. The smallest absolute Gasteiger partial charge is 0.226 e. The minimum atomic E-state index is -0.0164. The van der Waals surface area contributed by atoms with E-state index in [0.29, 0.717) is 12.5 Å². The first-order chi connectivity index (χ1) is 10.1. The van der Waals surface area contributed by atoms with Gasteiger partial charge < -0.3 is 5.32 Å². The molecule has 4 fully saturated rings. The van der Waals surface area contributed by atoms with E-state index in [1.54, 1.807) is 0 Å². The van der Waals surface area contributed by atoms with Gasteiger partial charge >= 0.3 is 0 Å². The Morgan fingerprint density at radius 1 is 1.10 bits per heavy atom. The number of carbonyl (C=O) groups excluding carboxylic acids is 1. The number of amides is 1. The largest absolute Gasteiger partial charge is 0.352 e. The zero-order chi connectivity index (χ0) is 14.4. The molecule has 2 heteroatoms. The van der Waals surface area contributed by atoms with E-state index in [1.165, 1.54) is 30.4 Å². The van der Waals surface area contributed by atoms with Crippen LogP contribution in [0.3, 0.4) is 0 Å². The molecule has 1 amide bonds. The van der Waals surface area contributed by atoms with Gasteiger partial charge in [0.05, 0.1) is 0 Å². The predicted molar refractivity (Wildman–Crippen MR) is 83.6 cm³/mol. The van der Waals surface area contributed by atoms with Crippen molar-refractivity contribution in [3.8, 4) is 0 Å². The minimum absolute atomic E-state index is 0.0164. The van der Waals surface area contributed by atoms with E-state index in [4.69, 9.17) is 0 Å². The van der Waals surface area contributed by atoms with Crippen molar-refractivity contribution in [3.63, 3.8) is 0 Å². The Bertz CT molecular complexity index is 527. The van der Waals surface area contributed by atoms with Crippen molar-refractivity contribution in [2.75, 3.05) is 0 Å². The highest BCUT2D eigenvalue weighted by Crippen LogP contribution is 2.60. The summed E-state index contributed by atoms with van der Waals surface area (Å²) in [6.45, 7) is 2.81. The van der Waals surface area contributed by atoms with E-state index in [2.05, 4.69) is 36.5 Å². The fraction of sp³-hybridized carbons (Fsp3) is 0.632. The van der Waals surface area contributed by atoms with E-state index in [9.17, 15) is 4.79 Å². The highest BCUT2D eigenvalue weighted by atomic mass is 16.2. The average molecular weight is 283 g/mol. The van der Waals surface area contributed by atoms with Crippen LogP contribution >= 0.6 is 0 Å². The number of hydrogen-bond donors (Lipinski definition) is 1. The zero-order valence-electron chi connectivity index (χ0n) is 12.9. The van der Waals surface area contributed by atoms with Gasteiger partial charge in [-0.1, -0.05) is 24.3 Å². The average Bonchev–Trinajstić information content (AvgIpc) is 2.44. The van der Waals surface area contributed by atoms with Gasteiger partial charge in [0.25, 0.3) is 0 Å². The molecule has 0 aromatic heterocycles. The van der Waals surface area contributed by atoms with Crippen LogP contribution in [0.5, 0.6) is 0 Å². The van der Waals surface area contributed by atoms with E-state index in [-0.39, 0.29) is 5.41 Å². The topological polar surface area (TPSA) is 29.1 Å². The third-order valence-electron chi connectivity index (χ3n) is 6.22. The summed E-state index contributed by atoms with van der Waals surface area (Å²) in [5.74, 6) is 2.84. The molecule has 5 rings (SSSR count). The summed E-state index contributed by atoms with van der Waals surface area (Å²) in [5, 5.41) is 3.26. The molecule has 21 heavy (non-hydrogen) atoms. The first kappa shape index (κ1) is 13.4. The summed E-state index contributed by atoms with van der Waals surface area (Å²) in [4.78, 5) is 12.9. The molecule has 0 saturated heterocycles. The maximum absolute atomic E-state index is 12.9. The van der Waals surface area contributed by atoms with Gasteiger partial charge in [-0.25, -0.2) is 0 Å². The fourth-order valence-corrected chi connectivity index (χ4v) is 5.56. The second-order valence-corrected chi connectivity index (χ2v) is 7.81. The van der Waals surface area contributed by atoms with Crippen LogP contribution in [0.15, 0.2) is 24.3 Å². The van der Waals surface area contributed by atoms with Gasteiger partial charge in [-0.05, 0) is 74.3 Å².